The van der Waals surface area contributed by atoms with Crippen LogP contribution in [-0.2, 0) is 21.9 Å². The second kappa shape index (κ2) is 13.4. The lowest BCUT2D eigenvalue weighted by Gasteiger charge is -2.36. The van der Waals surface area contributed by atoms with Crippen LogP contribution in [0.3, 0.4) is 0 Å². The average Bonchev–Trinajstić information content (AvgIpc) is 3.22. The minimum absolute atomic E-state index is 0.0306. The van der Waals surface area contributed by atoms with Crippen LogP contribution in [0.25, 0.3) is 6.08 Å². The number of imide groups is 1. The second-order valence-electron chi connectivity index (χ2n) is 11.5. The van der Waals surface area contributed by atoms with Crippen LogP contribution >= 0.6 is 0 Å². The Balaban J connectivity index is 1.66. The van der Waals surface area contributed by atoms with Gasteiger partial charge in [0.2, 0.25) is 11.8 Å². The number of fused-ring (bicyclic) bond motifs is 1. The van der Waals surface area contributed by atoms with Crippen molar-refractivity contribution in [2.75, 3.05) is 11.5 Å². The van der Waals surface area contributed by atoms with Crippen molar-refractivity contribution in [1.29, 1.82) is 0 Å². The molecule has 1 heterocycles. The van der Waals surface area contributed by atoms with Gasteiger partial charge in [-0.1, -0.05) is 49.6 Å². The van der Waals surface area contributed by atoms with E-state index in [2.05, 4.69) is 0 Å². The molecule has 1 aliphatic carbocycles. The number of aromatic hydroxyl groups is 1. The third-order valence-corrected chi connectivity index (χ3v) is 8.55. The van der Waals surface area contributed by atoms with Gasteiger partial charge in [0.25, 0.3) is 0 Å². The van der Waals surface area contributed by atoms with E-state index in [9.17, 15) is 51.3 Å². The average molecular weight is 640 g/mol. The van der Waals surface area contributed by atoms with Gasteiger partial charge in [-0.05, 0) is 73.6 Å². The number of nitrogens with zero attached hydrogens (tertiary/aromatic N) is 1. The highest BCUT2D eigenvalue weighted by Gasteiger charge is 2.55. The summed E-state index contributed by atoms with van der Waals surface area (Å²) in [6, 6.07) is 7.28. The summed E-state index contributed by atoms with van der Waals surface area (Å²) in [6.07, 6.45) is -7.12. The number of benzene rings is 2. The number of hydrogen-bond acceptors (Lipinski definition) is 5. The number of allylic oxidation sites excluding steroid dienone is 2. The van der Waals surface area contributed by atoms with Crippen LogP contribution in [0.5, 0.6) is 5.75 Å². The largest absolute Gasteiger partial charge is 0.508 e. The third-order valence-electron chi connectivity index (χ3n) is 8.55. The molecule has 1 saturated heterocycles. The Labute approximate surface area is 256 Å². The number of aliphatic hydroxyl groups excluding tert-OH is 2. The fourth-order valence-electron chi connectivity index (χ4n) is 6.54. The van der Waals surface area contributed by atoms with Crippen molar-refractivity contribution in [3.63, 3.8) is 0 Å². The molecule has 0 unspecified atom stereocenters. The number of halogens is 6. The van der Waals surface area contributed by atoms with E-state index in [-0.39, 0.29) is 24.7 Å². The Kier molecular flexibility index (Phi) is 10.2. The molecular formula is C33H35F6NO5. The van der Waals surface area contributed by atoms with Crippen LogP contribution in [0.2, 0.25) is 0 Å². The highest BCUT2D eigenvalue weighted by Crippen LogP contribution is 2.49. The summed E-state index contributed by atoms with van der Waals surface area (Å²) >= 11 is 0. The Morgan fingerprint density at radius 1 is 0.978 bits per heavy atom. The van der Waals surface area contributed by atoms with E-state index in [0.717, 1.165) is 17.6 Å². The number of rotatable bonds is 10. The van der Waals surface area contributed by atoms with Crippen molar-refractivity contribution in [2.24, 2.45) is 17.8 Å². The van der Waals surface area contributed by atoms with Gasteiger partial charge in [-0.3, -0.25) is 9.59 Å². The summed E-state index contributed by atoms with van der Waals surface area (Å²) in [5.74, 6) is -5.33. The fourth-order valence-corrected chi connectivity index (χ4v) is 6.54. The molecule has 45 heavy (non-hydrogen) atoms. The molecule has 0 saturated carbocycles. The number of amides is 2. The van der Waals surface area contributed by atoms with Gasteiger partial charge in [0.05, 0.1) is 41.4 Å². The van der Waals surface area contributed by atoms with E-state index in [4.69, 9.17) is 0 Å². The number of carbonyl (C=O) groups is 2. The SMILES string of the molecule is CCC/C(=C\c1cccc(O)c1)CC[C@@H](O)C1=C(CC)C[C@H]2C(=O)N(c3cc(C(F)(F)F)cc(C(F)(F)F)c3)C(=O)[C@H]2[C@H]1CO. The fraction of sp³-hybridized carbons (Fsp3) is 0.455. The zero-order chi connectivity index (χ0) is 33.3. The van der Waals surface area contributed by atoms with Gasteiger partial charge >= 0.3 is 12.4 Å². The molecule has 4 atom stereocenters. The van der Waals surface area contributed by atoms with Crippen LogP contribution in [0.1, 0.15) is 69.1 Å². The second-order valence-corrected chi connectivity index (χ2v) is 11.5. The Bertz CT molecular complexity index is 1460. The lowest BCUT2D eigenvalue weighted by molar-refractivity contribution is -0.143. The van der Waals surface area contributed by atoms with Crippen LogP contribution in [0, 0.1) is 17.8 Å². The maximum Gasteiger partial charge on any atom is 0.416 e. The quantitative estimate of drug-likeness (QED) is 0.144. The smallest absolute Gasteiger partial charge is 0.416 e. The number of alkyl halides is 6. The van der Waals surface area contributed by atoms with Gasteiger partial charge in [-0.2, -0.15) is 26.3 Å². The molecule has 0 bridgehead atoms. The van der Waals surface area contributed by atoms with Crippen molar-refractivity contribution >= 4 is 23.6 Å². The number of phenols is 1. The van der Waals surface area contributed by atoms with Gasteiger partial charge in [0.1, 0.15) is 5.75 Å². The van der Waals surface area contributed by atoms with Gasteiger partial charge < -0.3 is 15.3 Å². The molecule has 0 spiro atoms. The lowest BCUT2D eigenvalue weighted by Crippen LogP contribution is -2.39. The number of carbonyl (C=O) groups excluding carboxylic acids is 2. The predicted molar refractivity (Wildman–Crippen MR) is 155 cm³/mol. The molecule has 0 aromatic heterocycles. The molecule has 12 heteroatoms. The maximum atomic E-state index is 13.7. The minimum Gasteiger partial charge on any atom is -0.508 e. The molecule has 2 aromatic carbocycles. The zero-order valence-corrected chi connectivity index (χ0v) is 24.8. The third kappa shape index (κ3) is 7.27. The summed E-state index contributed by atoms with van der Waals surface area (Å²) in [4.78, 5) is 27.6. The topological polar surface area (TPSA) is 98.1 Å². The summed E-state index contributed by atoms with van der Waals surface area (Å²) < 4.78 is 81.3. The normalized spacial score (nSPS) is 21.9. The monoisotopic (exact) mass is 639 g/mol. The minimum atomic E-state index is -5.18. The van der Waals surface area contributed by atoms with Crippen molar-refractivity contribution in [1.82, 2.24) is 0 Å². The Morgan fingerprint density at radius 3 is 2.16 bits per heavy atom. The van der Waals surface area contributed by atoms with Gasteiger partial charge in [-0.15, -0.1) is 0 Å². The van der Waals surface area contributed by atoms with Crippen LogP contribution < -0.4 is 4.90 Å². The first-order valence-electron chi connectivity index (χ1n) is 14.8. The first-order chi connectivity index (χ1) is 21.1. The molecule has 2 aliphatic rings. The van der Waals surface area contributed by atoms with Crippen LogP contribution in [-0.4, -0.2) is 39.8 Å². The van der Waals surface area contributed by atoms with Crippen molar-refractivity contribution in [3.8, 4) is 5.75 Å². The van der Waals surface area contributed by atoms with E-state index in [1.165, 1.54) is 0 Å². The number of phenolic OH excluding ortho intramolecular Hbond substituents is 1. The van der Waals surface area contributed by atoms with Gasteiger partial charge in [-0.25, -0.2) is 4.90 Å². The molecular weight excluding hydrogens is 604 g/mol. The van der Waals surface area contributed by atoms with E-state index in [0.29, 0.717) is 47.4 Å². The highest BCUT2D eigenvalue weighted by molar-refractivity contribution is 6.22. The molecule has 6 nitrogen and oxygen atoms in total. The highest BCUT2D eigenvalue weighted by atomic mass is 19.4. The molecule has 2 aromatic rings. The lowest BCUT2D eigenvalue weighted by atomic mass is 9.67. The van der Waals surface area contributed by atoms with E-state index >= 15 is 0 Å². The van der Waals surface area contributed by atoms with E-state index < -0.39 is 71.4 Å². The van der Waals surface area contributed by atoms with Gasteiger partial charge in [0, 0.05) is 5.92 Å². The van der Waals surface area contributed by atoms with Gasteiger partial charge in [0.15, 0.2) is 0 Å². The van der Waals surface area contributed by atoms with E-state index in [1.807, 2.05) is 19.1 Å². The molecule has 4 rings (SSSR count). The maximum absolute atomic E-state index is 13.7. The van der Waals surface area contributed by atoms with Crippen molar-refractivity contribution in [3.05, 3.63) is 75.9 Å². The Morgan fingerprint density at radius 2 is 1.62 bits per heavy atom. The van der Waals surface area contributed by atoms with Crippen LogP contribution in [0.4, 0.5) is 32.0 Å². The molecule has 2 amide bonds. The van der Waals surface area contributed by atoms with Crippen molar-refractivity contribution < 1.29 is 51.3 Å². The molecule has 1 fully saturated rings. The number of aliphatic hydroxyl groups is 2. The van der Waals surface area contributed by atoms with E-state index in [1.54, 1.807) is 25.1 Å². The summed E-state index contributed by atoms with van der Waals surface area (Å²) in [5.41, 5.74) is -1.43. The first kappa shape index (κ1) is 34.2. The molecule has 0 radical (unpaired) electrons. The molecule has 244 valence electrons. The summed E-state index contributed by atoms with van der Waals surface area (Å²) in [7, 11) is 0. The van der Waals surface area contributed by atoms with Crippen molar-refractivity contribution in [2.45, 2.75) is 70.8 Å². The summed E-state index contributed by atoms with van der Waals surface area (Å²) in [5, 5.41) is 31.7. The standard InChI is InChI=1S/C33H35F6NO5/c1-3-6-18(11-19-7-5-8-24(42)12-19)9-10-27(43)28-20(4-2)13-25-29(26(28)17-41)31(45)40(30(25)44)23-15-21(32(34,35)36)14-22(16-23)33(37,38)39/h5,7-8,11-12,14-16,25-27,29,41-43H,3-4,6,9-10,13,17H2,1-2H3/b18-11+/t25-,26+,27-,29-/m1/s1. The molecule has 1 aliphatic heterocycles. The summed E-state index contributed by atoms with van der Waals surface area (Å²) in [6.45, 7) is 3.09. The molecule has 3 N–H and O–H groups in total. The number of hydrogen-bond donors (Lipinski definition) is 3. The number of anilines is 1. The predicted octanol–water partition coefficient (Wildman–Crippen LogP) is 7.28. The zero-order valence-electron chi connectivity index (χ0n) is 24.8. The van der Waals surface area contributed by atoms with Crippen LogP contribution in [0.15, 0.2) is 59.2 Å². The first-order valence-corrected chi connectivity index (χ1v) is 14.8. The Hall–Kier alpha value is -3.64.